The van der Waals surface area contributed by atoms with Crippen LogP contribution < -0.4 is 5.32 Å². The summed E-state index contributed by atoms with van der Waals surface area (Å²) in [7, 11) is 0. The third kappa shape index (κ3) is 2.09. The highest BCUT2D eigenvalue weighted by Gasteiger charge is 2.07. The Bertz CT molecular complexity index is 449. The molecule has 1 aromatic rings. The quantitative estimate of drug-likeness (QED) is 0.707. The van der Waals surface area contributed by atoms with Crippen molar-refractivity contribution in [2.24, 2.45) is 0 Å². The molecule has 16 heavy (non-hydrogen) atoms. The average Bonchev–Trinajstić information content (AvgIpc) is 2.30. The Hall–Kier alpha value is -1.74. The number of aliphatic hydroxyl groups is 1. The second kappa shape index (κ2) is 4.41. The number of rotatable bonds is 2. The summed E-state index contributed by atoms with van der Waals surface area (Å²) in [6.45, 7) is 2.01. The van der Waals surface area contributed by atoms with Gasteiger partial charge in [0.05, 0.1) is 0 Å². The minimum atomic E-state index is -0.618. The maximum atomic E-state index is 9.75. The van der Waals surface area contributed by atoms with Crippen LogP contribution >= 0.6 is 0 Å². The van der Waals surface area contributed by atoms with Gasteiger partial charge in [-0.15, -0.1) is 0 Å². The standard InChI is InChI=1S/C13H15NO2/c1-2-9-3-4-10(7-12(9)15)11-5-6-13(16)14-8-11/h3-8,13-16H,2H2,1H3. The van der Waals surface area contributed by atoms with Gasteiger partial charge in [0.1, 0.15) is 12.0 Å². The highest BCUT2D eigenvalue weighted by Crippen LogP contribution is 2.25. The van der Waals surface area contributed by atoms with Gasteiger partial charge < -0.3 is 15.5 Å². The summed E-state index contributed by atoms with van der Waals surface area (Å²) < 4.78 is 0. The summed E-state index contributed by atoms with van der Waals surface area (Å²) in [6, 6.07) is 5.63. The zero-order chi connectivity index (χ0) is 11.5. The first-order valence-electron chi connectivity index (χ1n) is 5.35. The molecule has 0 amide bonds. The molecule has 1 heterocycles. The van der Waals surface area contributed by atoms with E-state index in [1.165, 1.54) is 0 Å². The molecule has 1 atom stereocenters. The van der Waals surface area contributed by atoms with Crippen LogP contribution in [-0.4, -0.2) is 16.4 Å². The van der Waals surface area contributed by atoms with E-state index in [2.05, 4.69) is 5.32 Å². The predicted molar refractivity (Wildman–Crippen MR) is 63.7 cm³/mol. The van der Waals surface area contributed by atoms with Crippen molar-refractivity contribution in [1.29, 1.82) is 0 Å². The summed E-state index contributed by atoms with van der Waals surface area (Å²) in [4.78, 5) is 0. The van der Waals surface area contributed by atoms with Crippen LogP contribution in [0, 0.1) is 0 Å². The molecule has 3 N–H and O–H groups in total. The van der Waals surface area contributed by atoms with Gasteiger partial charge in [0.2, 0.25) is 0 Å². The molecule has 3 nitrogen and oxygen atoms in total. The van der Waals surface area contributed by atoms with E-state index >= 15 is 0 Å². The Morgan fingerprint density at radius 2 is 2.19 bits per heavy atom. The molecule has 0 spiro atoms. The minimum absolute atomic E-state index is 0.320. The zero-order valence-corrected chi connectivity index (χ0v) is 9.14. The number of hydrogen-bond acceptors (Lipinski definition) is 3. The lowest BCUT2D eigenvalue weighted by atomic mass is 10.0. The molecule has 3 heteroatoms. The molecule has 0 bridgehead atoms. The van der Waals surface area contributed by atoms with Crippen LogP contribution in [0.5, 0.6) is 5.75 Å². The van der Waals surface area contributed by atoms with Gasteiger partial charge in [0.15, 0.2) is 0 Å². The number of benzene rings is 1. The van der Waals surface area contributed by atoms with Gasteiger partial charge in [-0.25, -0.2) is 0 Å². The maximum absolute atomic E-state index is 9.75. The highest BCUT2D eigenvalue weighted by molar-refractivity contribution is 5.75. The minimum Gasteiger partial charge on any atom is -0.508 e. The Kier molecular flexibility index (Phi) is 2.97. The molecular formula is C13H15NO2. The van der Waals surface area contributed by atoms with E-state index < -0.39 is 6.23 Å². The van der Waals surface area contributed by atoms with E-state index in [1.54, 1.807) is 18.3 Å². The van der Waals surface area contributed by atoms with E-state index in [0.717, 1.165) is 23.1 Å². The number of nitrogens with one attached hydrogen (secondary N) is 1. The summed E-state index contributed by atoms with van der Waals surface area (Å²) in [5.41, 5.74) is 2.82. The van der Waals surface area contributed by atoms with Crippen molar-refractivity contribution in [1.82, 2.24) is 5.32 Å². The number of dihydropyridines is 1. The first-order valence-corrected chi connectivity index (χ1v) is 5.35. The molecule has 1 aliphatic heterocycles. The van der Waals surface area contributed by atoms with Gasteiger partial charge in [-0.05, 0) is 35.3 Å². The van der Waals surface area contributed by atoms with Gasteiger partial charge in [-0.3, -0.25) is 0 Å². The number of hydrogen-bond donors (Lipinski definition) is 3. The highest BCUT2D eigenvalue weighted by atomic mass is 16.3. The number of phenols is 1. The number of aliphatic hydroxyl groups excluding tert-OH is 1. The molecule has 0 saturated heterocycles. The van der Waals surface area contributed by atoms with Crippen molar-refractivity contribution < 1.29 is 10.2 Å². The zero-order valence-electron chi connectivity index (χ0n) is 9.14. The van der Waals surface area contributed by atoms with Crippen LogP contribution in [0.3, 0.4) is 0 Å². The Labute approximate surface area is 94.7 Å². The van der Waals surface area contributed by atoms with Crippen LogP contribution in [0.25, 0.3) is 5.57 Å². The largest absolute Gasteiger partial charge is 0.508 e. The van der Waals surface area contributed by atoms with Crippen molar-refractivity contribution in [3.8, 4) is 5.75 Å². The van der Waals surface area contributed by atoms with E-state index in [0.29, 0.717) is 5.75 Å². The molecule has 2 rings (SSSR count). The lowest BCUT2D eigenvalue weighted by Gasteiger charge is -2.14. The maximum Gasteiger partial charge on any atom is 0.143 e. The van der Waals surface area contributed by atoms with Crippen molar-refractivity contribution in [2.45, 2.75) is 19.6 Å². The second-order valence-electron chi connectivity index (χ2n) is 3.77. The van der Waals surface area contributed by atoms with Gasteiger partial charge in [0, 0.05) is 6.20 Å². The number of aryl methyl sites for hydroxylation is 1. The van der Waals surface area contributed by atoms with E-state index in [-0.39, 0.29) is 0 Å². The van der Waals surface area contributed by atoms with E-state index in [4.69, 9.17) is 0 Å². The van der Waals surface area contributed by atoms with Crippen molar-refractivity contribution in [3.05, 3.63) is 47.7 Å². The van der Waals surface area contributed by atoms with Crippen molar-refractivity contribution in [3.63, 3.8) is 0 Å². The van der Waals surface area contributed by atoms with Gasteiger partial charge in [0.25, 0.3) is 0 Å². The van der Waals surface area contributed by atoms with Gasteiger partial charge in [-0.2, -0.15) is 0 Å². The number of phenolic OH excluding ortho intramolecular Hbond substituents is 1. The molecule has 1 aromatic carbocycles. The number of aromatic hydroxyl groups is 1. The fraction of sp³-hybridized carbons (Fsp3) is 0.231. The average molecular weight is 217 g/mol. The van der Waals surface area contributed by atoms with E-state index in [1.807, 2.05) is 25.1 Å². The van der Waals surface area contributed by atoms with Crippen LogP contribution in [0.1, 0.15) is 18.1 Å². The van der Waals surface area contributed by atoms with Crippen LogP contribution in [0.4, 0.5) is 0 Å². The van der Waals surface area contributed by atoms with Crippen molar-refractivity contribution in [2.75, 3.05) is 0 Å². The first-order chi connectivity index (χ1) is 7.70. The van der Waals surface area contributed by atoms with Crippen LogP contribution in [0.2, 0.25) is 0 Å². The normalized spacial score (nSPS) is 19.1. The molecule has 0 fully saturated rings. The number of allylic oxidation sites excluding steroid dienone is 2. The molecule has 0 aliphatic carbocycles. The second-order valence-corrected chi connectivity index (χ2v) is 3.77. The van der Waals surface area contributed by atoms with Gasteiger partial charge in [-0.1, -0.05) is 25.1 Å². The van der Waals surface area contributed by atoms with Crippen LogP contribution in [0.15, 0.2) is 36.6 Å². The molecular weight excluding hydrogens is 202 g/mol. The molecule has 1 unspecified atom stereocenters. The third-order valence-electron chi connectivity index (χ3n) is 2.67. The summed E-state index contributed by atoms with van der Waals surface area (Å²) in [5, 5.41) is 21.8. The molecule has 0 saturated carbocycles. The fourth-order valence-corrected chi connectivity index (χ4v) is 1.70. The first kappa shape index (κ1) is 10.8. The Balaban J connectivity index is 2.29. The van der Waals surface area contributed by atoms with Crippen molar-refractivity contribution >= 4 is 5.57 Å². The molecule has 0 radical (unpaired) electrons. The summed E-state index contributed by atoms with van der Waals surface area (Å²) >= 11 is 0. The van der Waals surface area contributed by atoms with E-state index in [9.17, 15) is 10.2 Å². The third-order valence-corrected chi connectivity index (χ3v) is 2.67. The Morgan fingerprint density at radius 1 is 1.38 bits per heavy atom. The monoisotopic (exact) mass is 217 g/mol. The summed E-state index contributed by atoms with van der Waals surface area (Å²) in [5.74, 6) is 0.320. The molecule has 84 valence electrons. The summed E-state index contributed by atoms with van der Waals surface area (Å²) in [6.07, 6.45) is 5.44. The van der Waals surface area contributed by atoms with Crippen LogP contribution in [-0.2, 0) is 6.42 Å². The topological polar surface area (TPSA) is 52.5 Å². The molecule has 1 aliphatic rings. The molecule has 0 aromatic heterocycles. The Morgan fingerprint density at radius 3 is 2.75 bits per heavy atom. The lowest BCUT2D eigenvalue weighted by molar-refractivity contribution is 0.201. The SMILES string of the molecule is CCc1ccc(C2=CNC(O)C=C2)cc1O. The lowest BCUT2D eigenvalue weighted by Crippen LogP contribution is -2.23. The smallest absolute Gasteiger partial charge is 0.143 e. The van der Waals surface area contributed by atoms with Gasteiger partial charge >= 0.3 is 0 Å². The fourth-order valence-electron chi connectivity index (χ4n) is 1.70. The predicted octanol–water partition coefficient (Wildman–Crippen LogP) is 1.77.